The Bertz CT molecular complexity index is 823. The van der Waals surface area contributed by atoms with Crippen molar-refractivity contribution in [2.24, 2.45) is 21.7 Å². The highest BCUT2D eigenvalue weighted by atomic mass is 16.4. The van der Waals surface area contributed by atoms with E-state index in [1.54, 1.807) is 0 Å². The van der Waals surface area contributed by atoms with Crippen LogP contribution in [-0.4, -0.2) is 58.0 Å². The maximum atomic E-state index is 13.3. The predicted octanol–water partition coefficient (Wildman–Crippen LogP) is 2.68. The number of aliphatic carboxylic acids is 1. The summed E-state index contributed by atoms with van der Waals surface area (Å²) in [5, 5.41) is 16.9. The van der Waals surface area contributed by atoms with Crippen molar-refractivity contribution in [1.29, 1.82) is 0 Å². The monoisotopic (exact) mass is 415 g/mol. The lowest BCUT2D eigenvalue weighted by Crippen LogP contribution is -2.53. The summed E-state index contributed by atoms with van der Waals surface area (Å²) in [6.07, 6.45) is 5.32. The molecule has 6 rings (SSSR count). The van der Waals surface area contributed by atoms with Gasteiger partial charge in [-0.05, 0) is 50.9 Å². The topological polar surface area (TPSA) is 97.3 Å². The normalized spacial score (nSPS) is 37.2. The molecule has 0 radical (unpaired) electrons. The van der Waals surface area contributed by atoms with Gasteiger partial charge in [-0.2, -0.15) is 0 Å². The molecule has 2 amide bonds. The minimum Gasteiger partial charge on any atom is -0.481 e. The summed E-state index contributed by atoms with van der Waals surface area (Å²) in [5.41, 5.74) is 0.383. The SMILES string of the molecule is CCCN1C(=O)N2C[C@@H](C(C)C)NC2=C2NC(C34CCC(C(=O)O)(CC3)CC4)=NC21. The lowest BCUT2D eigenvalue weighted by molar-refractivity contribution is -0.156. The van der Waals surface area contributed by atoms with Crippen LogP contribution in [0.1, 0.15) is 65.7 Å². The quantitative estimate of drug-likeness (QED) is 0.641. The lowest BCUT2D eigenvalue weighted by Gasteiger charge is -2.51. The summed E-state index contributed by atoms with van der Waals surface area (Å²) in [7, 11) is 0. The molecule has 6 aliphatic rings. The summed E-state index contributed by atoms with van der Waals surface area (Å²) in [6.45, 7) is 7.80. The molecular weight excluding hydrogens is 382 g/mol. The van der Waals surface area contributed by atoms with Crippen molar-refractivity contribution in [2.75, 3.05) is 13.1 Å². The average Bonchev–Trinajstić information content (AvgIpc) is 3.38. The number of carboxylic acids is 1. The van der Waals surface area contributed by atoms with Gasteiger partial charge in [0.25, 0.3) is 0 Å². The zero-order valence-electron chi connectivity index (χ0n) is 18.2. The van der Waals surface area contributed by atoms with Crippen LogP contribution in [0.2, 0.25) is 0 Å². The van der Waals surface area contributed by atoms with E-state index >= 15 is 0 Å². The molecule has 1 unspecified atom stereocenters. The van der Waals surface area contributed by atoms with Crippen LogP contribution < -0.4 is 10.6 Å². The molecule has 0 spiro atoms. The number of aliphatic imine (C=N–C) groups is 1. The van der Waals surface area contributed by atoms with E-state index < -0.39 is 11.4 Å². The molecular formula is C22H33N5O3. The summed E-state index contributed by atoms with van der Waals surface area (Å²) in [4.78, 5) is 34.0. The highest BCUT2D eigenvalue weighted by Crippen LogP contribution is 2.58. The fraction of sp³-hybridized carbons (Fsp3) is 0.773. The second-order valence-corrected chi connectivity index (χ2v) is 10.2. The third-order valence-corrected chi connectivity index (χ3v) is 8.23. The maximum Gasteiger partial charge on any atom is 0.327 e. The Hall–Kier alpha value is -2.25. The fourth-order valence-corrected chi connectivity index (χ4v) is 6.03. The molecule has 0 aromatic carbocycles. The summed E-state index contributed by atoms with van der Waals surface area (Å²) in [6, 6.07) is 0.279. The molecule has 0 aromatic rings. The van der Waals surface area contributed by atoms with Gasteiger partial charge in [-0.25, -0.2) is 9.79 Å². The number of carbonyl (C=O) groups excluding carboxylic acids is 1. The van der Waals surface area contributed by atoms with Crippen LogP contribution >= 0.6 is 0 Å². The highest BCUT2D eigenvalue weighted by Gasteiger charge is 2.57. The average molecular weight is 416 g/mol. The molecule has 2 atom stereocenters. The van der Waals surface area contributed by atoms with Gasteiger partial charge in [-0.1, -0.05) is 20.8 Å². The molecule has 3 heterocycles. The number of rotatable bonds is 5. The molecule has 3 N–H and O–H groups in total. The Morgan fingerprint density at radius 1 is 1.23 bits per heavy atom. The standard InChI is InChI=1S/C22H33N5O3/c1-4-11-26-17-15(16-23-14(13(2)3)12-27(16)20(26)30)24-18(25-17)21-5-8-22(9-6-21,10-7-21)19(28)29/h13-14,17,23H,4-12H2,1-3H3,(H,24,25)(H,28,29)/t14-,17?,21?,22?/m0/s1. The van der Waals surface area contributed by atoms with Crippen LogP contribution in [0, 0.1) is 16.7 Å². The van der Waals surface area contributed by atoms with Crippen LogP contribution in [0.4, 0.5) is 4.79 Å². The van der Waals surface area contributed by atoms with Gasteiger partial charge in [0.15, 0.2) is 6.17 Å². The van der Waals surface area contributed by atoms with Gasteiger partial charge in [0.05, 0.1) is 5.41 Å². The Morgan fingerprint density at radius 2 is 1.90 bits per heavy atom. The molecule has 0 aromatic heterocycles. The van der Waals surface area contributed by atoms with Gasteiger partial charge in [0.2, 0.25) is 0 Å². The second kappa shape index (κ2) is 6.62. The minimum atomic E-state index is -0.638. The van der Waals surface area contributed by atoms with Crippen LogP contribution in [-0.2, 0) is 4.79 Å². The van der Waals surface area contributed by atoms with Crippen molar-refractivity contribution in [2.45, 2.75) is 77.9 Å². The van der Waals surface area contributed by atoms with Crippen molar-refractivity contribution in [3.05, 3.63) is 11.5 Å². The van der Waals surface area contributed by atoms with E-state index in [0.29, 0.717) is 19.0 Å². The number of amides is 2. The first-order valence-electron chi connectivity index (χ1n) is 11.5. The third kappa shape index (κ3) is 2.61. The van der Waals surface area contributed by atoms with Gasteiger partial charge in [0.1, 0.15) is 17.4 Å². The molecule has 2 bridgehead atoms. The van der Waals surface area contributed by atoms with E-state index in [1.165, 1.54) is 0 Å². The zero-order chi connectivity index (χ0) is 21.3. The van der Waals surface area contributed by atoms with Crippen molar-refractivity contribution >= 4 is 17.8 Å². The van der Waals surface area contributed by atoms with E-state index in [9.17, 15) is 14.7 Å². The molecule has 30 heavy (non-hydrogen) atoms. The van der Waals surface area contributed by atoms with E-state index in [2.05, 4.69) is 31.4 Å². The van der Waals surface area contributed by atoms with Crippen LogP contribution in [0.25, 0.3) is 0 Å². The molecule has 164 valence electrons. The molecule has 4 fully saturated rings. The smallest absolute Gasteiger partial charge is 0.327 e. The van der Waals surface area contributed by atoms with Crippen LogP contribution in [0.3, 0.4) is 0 Å². The number of carboxylic acid groups (broad SMARTS) is 1. The van der Waals surface area contributed by atoms with Crippen molar-refractivity contribution in [3.63, 3.8) is 0 Å². The number of carbonyl (C=O) groups is 2. The summed E-state index contributed by atoms with van der Waals surface area (Å²) < 4.78 is 0. The van der Waals surface area contributed by atoms with Crippen LogP contribution in [0.5, 0.6) is 0 Å². The van der Waals surface area contributed by atoms with Crippen molar-refractivity contribution < 1.29 is 14.7 Å². The summed E-state index contributed by atoms with van der Waals surface area (Å²) >= 11 is 0. The Morgan fingerprint density at radius 3 is 2.47 bits per heavy atom. The van der Waals surface area contributed by atoms with E-state index in [4.69, 9.17) is 4.99 Å². The maximum absolute atomic E-state index is 13.3. The molecule has 1 saturated heterocycles. The van der Waals surface area contributed by atoms with E-state index in [0.717, 1.165) is 62.3 Å². The van der Waals surface area contributed by atoms with Crippen LogP contribution in [0.15, 0.2) is 16.5 Å². The van der Waals surface area contributed by atoms with Gasteiger partial charge in [-0.3, -0.25) is 14.6 Å². The summed E-state index contributed by atoms with van der Waals surface area (Å²) in [5.74, 6) is 1.65. The number of nitrogens with zero attached hydrogens (tertiary/aromatic N) is 3. The number of amidine groups is 1. The number of fused-ring (bicyclic) bond motifs is 5. The number of hydrogen-bond acceptors (Lipinski definition) is 5. The van der Waals surface area contributed by atoms with Gasteiger partial charge >= 0.3 is 12.0 Å². The Balaban J connectivity index is 1.47. The Kier molecular flexibility index (Phi) is 4.35. The number of nitrogens with one attached hydrogen (secondary N) is 2. The fourth-order valence-electron chi connectivity index (χ4n) is 6.03. The molecule has 3 aliphatic heterocycles. The Labute approximate surface area is 177 Å². The molecule has 3 saturated carbocycles. The minimum absolute atomic E-state index is 0.0396. The number of urea groups is 1. The lowest BCUT2D eigenvalue weighted by atomic mass is 9.53. The van der Waals surface area contributed by atoms with E-state index in [-0.39, 0.29) is 23.7 Å². The van der Waals surface area contributed by atoms with Crippen molar-refractivity contribution in [3.8, 4) is 0 Å². The number of hydrogen-bond donors (Lipinski definition) is 3. The largest absolute Gasteiger partial charge is 0.481 e. The first kappa shape index (κ1) is 19.7. The van der Waals surface area contributed by atoms with Gasteiger partial charge < -0.3 is 15.7 Å². The highest BCUT2D eigenvalue weighted by molar-refractivity contribution is 5.94. The predicted molar refractivity (Wildman–Crippen MR) is 112 cm³/mol. The third-order valence-electron chi connectivity index (χ3n) is 8.23. The zero-order valence-corrected chi connectivity index (χ0v) is 18.2. The molecule has 3 aliphatic carbocycles. The first-order valence-corrected chi connectivity index (χ1v) is 11.5. The first-order chi connectivity index (χ1) is 14.3. The molecule has 8 nitrogen and oxygen atoms in total. The van der Waals surface area contributed by atoms with Gasteiger partial charge in [0, 0.05) is 24.5 Å². The van der Waals surface area contributed by atoms with Crippen molar-refractivity contribution in [1.82, 2.24) is 20.4 Å². The second-order valence-electron chi connectivity index (χ2n) is 10.2. The molecule has 8 heteroatoms. The van der Waals surface area contributed by atoms with Gasteiger partial charge in [-0.15, -0.1) is 0 Å². The van der Waals surface area contributed by atoms with E-state index in [1.807, 2.05) is 9.80 Å².